The fourth-order valence-electron chi connectivity index (χ4n) is 3.63. The molecular formula is C18H27N3O4S. The van der Waals surface area contributed by atoms with Crippen molar-refractivity contribution in [3.8, 4) is 5.75 Å². The number of para-hydroxylation sites is 2. The molecular weight excluding hydrogens is 354 g/mol. The maximum atomic E-state index is 12.5. The Labute approximate surface area is 155 Å². The van der Waals surface area contributed by atoms with Crippen LogP contribution in [0, 0.1) is 0 Å². The van der Waals surface area contributed by atoms with Crippen LogP contribution in [0.2, 0.25) is 0 Å². The van der Waals surface area contributed by atoms with Crippen LogP contribution in [-0.2, 0) is 14.6 Å². The van der Waals surface area contributed by atoms with Crippen LogP contribution in [0.4, 0.5) is 5.69 Å². The molecule has 1 aromatic carbocycles. The van der Waals surface area contributed by atoms with Crippen LogP contribution in [0.15, 0.2) is 24.3 Å². The number of benzene rings is 1. The van der Waals surface area contributed by atoms with E-state index in [4.69, 9.17) is 4.74 Å². The van der Waals surface area contributed by atoms with E-state index in [-0.39, 0.29) is 23.5 Å². The number of anilines is 1. The molecule has 26 heavy (non-hydrogen) atoms. The van der Waals surface area contributed by atoms with E-state index in [9.17, 15) is 13.2 Å². The molecule has 0 aliphatic carbocycles. The second-order valence-corrected chi connectivity index (χ2v) is 9.23. The van der Waals surface area contributed by atoms with Crippen molar-refractivity contribution in [3.05, 3.63) is 24.3 Å². The number of ether oxygens (including phenoxy) is 1. The van der Waals surface area contributed by atoms with Crippen molar-refractivity contribution < 1.29 is 17.9 Å². The fourth-order valence-corrected chi connectivity index (χ4v) is 5.40. The van der Waals surface area contributed by atoms with Gasteiger partial charge in [-0.3, -0.25) is 9.69 Å². The minimum absolute atomic E-state index is 0.00200. The number of carbonyl (C=O) groups is 1. The van der Waals surface area contributed by atoms with Gasteiger partial charge in [-0.05, 0) is 18.6 Å². The van der Waals surface area contributed by atoms with Gasteiger partial charge < -0.3 is 14.5 Å². The SMILES string of the molecule is COc1ccccc1N1CCN(CC(=O)N(C)[C@@H]2CCS(=O)(=O)C2)CC1. The average molecular weight is 381 g/mol. The Morgan fingerprint density at radius 3 is 2.54 bits per heavy atom. The summed E-state index contributed by atoms with van der Waals surface area (Å²) in [6.45, 7) is 3.58. The van der Waals surface area contributed by atoms with Crippen LogP contribution < -0.4 is 9.64 Å². The standard InChI is InChI=1S/C18H27N3O4S/c1-19(15-7-12-26(23,24)14-15)18(22)13-20-8-10-21(11-9-20)16-5-3-4-6-17(16)25-2/h3-6,15H,7-14H2,1-2H3/t15-/m1/s1. The second-order valence-electron chi connectivity index (χ2n) is 7.00. The lowest BCUT2D eigenvalue weighted by Crippen LogP contribution is -2.51. The first-order valence-corrected chi connectivity index (χ1v) is 10.8. The minimum atomic E-state index is -2.98. The number of sulfone groups is 1. The van der Waals surface area contributed by atoms with Crippen molar-refractivity contribution in [2.75, 3.05) is 63.3 Å². The van der Waals surface area contributed by atoms with Gasteiger partial charge in [0.2, 0.25) is 5.91 Å². The lowest BCUT2D eigenvalue weighted by Gasteiger charge is -2.37. The van der Waals surface area contributed by atoms with Gasteiger partial charge in [-0.1, -0.05) is 12.1 Å². The quantitative estimate of drug-likeness (QED) is 0.738. The second kappa shape index (κ2) is 7.84. The van der Waals surface area contributed by atoms with Gasteiger partial charge in [0.05, 0.1) is 30.8 Å². The molecule has 0 unspecified atom stereocenters. The molecule has 2 saturated heterocycles. The van der Waals surface area contributed by atoms with E-state index in [0.717, 1.165) is 37.6 Å². The highest BCUT2D eigenvalue weighted by Gasteiger charge is 2.33. The molecule has 7 nitrogen and oxygen atoms in total. The zero-order valence-corrected chi connectivity index (χ0v) is 16.2. The van der Waals surface area contributed by atoms with Crippen molar-refractivity contribution >= 4 is 21.4 Å². The first-order chi connectivity index (χ1) is 12.4. The number of carbonyl (C=O) groups excluding carboxylic acids is 1. The van der Waals surface area contributed by atoms with E-state index in [1.165, 1.54) is 0 Å². The van der Waals surface area contributed by atoms with Crippen molar-refractivity contribution in [3.63, 3.8) is 0 Å². The number of likely N-dealkylation sites (N-methyl/N-ethyl adjacent to an activating group) is 1. The number of piperazine rings is 1. The van der Waals surface area contributed by atoms with E-state index in [1.54, 1.807) is 19.1 Å². The molecule has 0 N–H and O–H groups in total. The molecule has 2 aliphatic heterocycles. The summed E-state index contributed by atoms with van der Waals surface area (Å²) in [7, 11) is 0.417. The van der Waals surface area contributed by atoms with Gasteiger partial charge >= 0.3 is 0 Å². The van der Waals surface area contributed by atoms with Crippen LogP contribution in [0.25, 0.3) is 0 Å². The van der Waals surface area contributed by atoms with E-state index >= 15 is 0 Å². The molecule has 144 valence electrons. The van der Waals surface area contributed by atoms with Crippen LogP contribution in [0.5, 0.6) is 5.75 Å². The van der Waals surface area contributed by atoms with Crippen LogP contribution >= 0.6 is 0 Å². The number of rotatable bonds is 5. The summed E-state index contributed by atoms with van der Waals surface area (Å²) in [6.07, 6.45) is 0.548. The lowest BCUT2D eigenvalue weighted by atomic mass is 10.2. The molecule has 0 bridgehead atoms. The predicted molar refractivity (Wildman–Crippen MR) is 101 cm³/mol. The number of hydrogen-bond acceptors (Lipinski definition) is 6. The Hall–Kier alpha value is -1.80. The van der Waals surface area contributed by atoms with E-state index in [0.29, 0.717) is 13.0 Å². The van der Waals surface area contributed by atoms with Gasteiger partial charge in [0.1, 0.15) is 5.75 Å². The largest absolute Gasteiger partial charge is 0.495 e. The first kappa shape index (κ1) is 19.0. The maximum absolute atomic E-state index is 12.5. The number of amides is 1. The normalized spacial score (nSPS) is 23.0. The molecule has 2 heterocycles. The third-order valence-electron chi connectivity index (χ3n) is 5.31. The van der Waals surface area contributed by atoms with Gasteiger partial charge in [0.15, 0.2) is 9.84 Å². The summed E-state index contributed by atoms with van der Waals surface area (Å²) >= 11 is 0. The summed E-state index contributed by atoms with van der Waals surface area (Å²) in [5, 5.41) is 0. The van der Waals surface area contributed by atoms with E-state index in [1.807, 2.05) is 24.3 Å². The summed E-state index contributed by atoms with van der Waals surface area (Å²) in [4.78, 5) is 18.5. The fraction of sp³-hybridized carbons (Fsp3) is 0.611. The maximum Gasteiger partial charge on any atom is 0.236 e. The molecule has 8 heteroatoms. The third-order valence-corrected chi connectivity index (χ3v) is 7.06. The highest BCUT2D eigenvalue weighted by molar-refractivity contribution is 7.91. The zero-order valence-electron chi connectivity index (χ0n) is 15.4. The predicted octanol–water partition coefficient (Wildman–Crippen LogP) is 0.463. The van der Waals surface area contributed by atoms with E-state index < -0.39 is 9.84 Å². The molecule has 0 radical (unpaired) electrons. The summed E-state index contributed by atoms with van der Waals surface area (Å²) in [6, 6.07) is 7.78. The van der Waals surface area contributed by atoms with Crippen molar-refractivity contribution in [1.82, 2.24) is 9.80 Å². The lowest BCUT2D eigenvalue weighted by molar-refractivity contribution is -0.132. The van der Waals surface area contributed by atoms with Crippen molar-refractivity contribution in [1.29, 1.82) is 0 Å². The summed E-state index contributed by atoms with van der Waals surface area (Å²) < 4.78 is 28.7. The van der Waals surface area contributed by atoms with Gasteiger partial charge in [0, 0.05) is 39.3 Å². The van der Waals surface area contributed by atoms with Crippen LogP contribution in [-0.4, -0.2) is 88.6 Å². The summed E-state index contributed by atoms with van der Waals surface area (Å²) in [5.74, 6) is 1.14. The average Bonchev–Trinajstić information content (AvgIpc) is 3.01. The molecule has 1 atom stereocenters. The molecule has 1 aromatic rings. The number of methoxy groups -OCH3 is 1. The zero-order chi connectivity index (χ0) is 18.7. The van der Waals surface area contributed by atoms with Gasteiger partial charge in [-0.15, -0.1) is 0 Å². The molecule has 2 fully saturated rings. The van der Waals surface area contributed by atoms with E-state index in [2.05, 4.69) is 9.80 Å². The molecule has 2 aliphatic rings. The Kier molecular flexibility index (Phi) is 5.72. The van der Waals surface area contributed by atoms with Gasteiger partial charge in [-0.2, -0.15) is 0 Å². The highest BCUT2D eigenvalue weighted by atomic mass is 32.2. The molecule has 0 spiro atoms. The van der Waals surface area contributed by atoms with Gasteiger partial charge in [-0.25, -0.2) is 8.42 Å². The molecule has 0 saturated carbocycles. The number of nitrogens with zero attached hydrogens (tertiary/aromatic N) is 3. The monoisotopic (exact) mass is 381 g/mol. The Balaban J connectivity index is 1.51. The first-order valence-electron chi connectivity index (χ1n) is 8.96. The van der Waals surface area contributed by atoms with Crippen molar-refractivity contribution in [2.45, 2.75) is 12.5 Å². The summed E-state index contributed by atoms with van der Waals surface area (Å²) in [5.41, 5.74) is 1.08. The third kappa shape index (κ3) is 4.29. The topological polar surface area (TPSA) is 70.2 Å². The van der Waals surface area contributed by atoms with Crippen LogP contribution in [0.3, 0.4) is 0 Å². The molecule has 0 aromatic heterocycles. The highest BCUT2D eigenvalue weighted by Crippen LogP contribution is 2.28. The molecule has 1 amide bonds. The Morgan fingerprint density at radius 1 is 1.23 bits per heavy atom. The Bertz CT molecular complexity index is 745. The smallest absolute Gasteiger partial charge is 0.236 e. The minimum Gasteiger partial charge on any atom is -0.495 e. The molecule has 3 rings (SSSR count). The van der Waals surface area contributed by atoms with Crippen LogP contribution in [0.1, 0.15) is 6.42 Å². The van der Waals surface area contributed by atoms with Crippen molar-refractivity contribution in [2.24, 2.45) is 0 Å². The van der Waals surface area contributed by atoms with Gasteiger partial charge in [0.25, 0.3) is 0 Å². The number of hydrogen-bond donors (Lipinski definition) is 0. The Morgan fingerprint density at radius 2 is 1.92 bits per heavy atom.